The van der Waals surface area contributed by atoms with E-state index >= 15 is 0 Å². The van der Waals surface area contributed by atoms with E-state index < -0.39 is 0 Å². The molecule has 0 radical (unpaired) electrons. The first kappa shape index (κ1) is 8.51. The predicted molar refractivity (Wildman–Crippen MR) is 50.9 cm³/mol. The Balaban J connectivity index is 2.39. The fraction of sp³-hybridized carbons (Fsp3) is 0.400. The molecule has 0 saturated carbocycles. The maximum absolute atomic E-state index is 13.4. The first-order valence-corrected chi connectivity index (χ1v) is 4.47. The van der Waals surface area contributed by atoms with Gasteiger partial charge in [-0.15, -0.1) is 0 Å². The van der Waals surface area contributed by atoms with Crippen molar-refractivity contribution in [1.82, 2.24) is 5.32 Å². The van der Waals surface area contributed by atoms with Crippen LogP contribution in [0.2, 0.25) is 0 Å². The average Bonchev–Trinajstić information content (AvgIpc) is 1.96. The van der Waals surface area contributed by atoms with Crippen LogP contribution in [-0.2, 0) is 0 Å². The Morgan fingerprint density at radius 1 is 1.54 bits per heavy atom. The summed E-state index contributed by atoms with van der Waals surface area (Å²) in [6.07, 6.45) is 1.01. The fourth-order valence-corrected chi connectivity index (χ4v) is 1.54. The summed E-state index contributed by atoms with van der Waals surface area (Å²) in [5.74, 6) is -0.194. The van der Waals surface area contributed by atoms with Crippen LogP contribution < -0.4 is 11.1 Å². The van der Waals surface area contributed by atoms with E-state index in [2.05, 4.69) is 5.32 Å². The monoisotopic (exact) mass is 180 g/mol. The summed E-state index contributed by atoms with van der Waals surface area (Å²) in [5.41, 5.74) is 7.81. The molecule has 3 N–H and O–H groups in total. The molecule has 1 aromatic carbocycles. The minimum Gasteiger partial charge on any atom is -0.398 e. The number of halogens is 1. The molecule has 0 amide bonds. The third kappa shape index (κ3) is 1.40. The molecule has 70 valence electrons. The van der Waals surface area contributed by atoms with Gasteiger partial charge in [0, 0.05) is 17.3 Å². The van der Waals surface area contributed by atoms with Gasteiger partial charge in [-0.1, -0.05) is 0 Å². The molecule has 0 aliphatic carbocycles. The van der Waals surface area contributed by atoms with Crippen LogP contribution >= 0.6 is 0 Å². The molecule has 1 aromatic rings. The maximum Gasteiger partial charge on any atom is 0.130 e. The van der Waals surface area contributed by atoms with Gasteiger partial charge in [0.1, 0.15) is 5.82 Å². The SMILES string of the molecule is Cc1cc([C@@H]2CCN2)c(F)cc1N. The van der Waals surface area contributed by atoms with Gasteiger partial charge in [0.25, 0.3) is 0 Å². The van der Waals surface area contributed by atoms with Crippen LogP contribution in [0.3, 0.4) is 0 Å². The number of nitrogens with one attached hydrogen (secondary N) is 1. The lowest BCUT2D eigenvalue weighted by Crippen LogP contribution is -2.35. The van der Waals surface area contributed by atoms with Crippen molar-refractivity contribution in [1.29, 1.82) is 0 Å². The summed E-state index contributed by atoms with van der Waals surface area (Å²) >= 11 is 0. The Bertz CT molecular complexity index is 332. The van der Waals surface area contributed by atoms with Crippen LogP contribution in [-0.4, -0.2) is 6.54 Å². The number of nitrogen functional groups attached to an aromatic ring is 1. The van der Waals surface area contributed by atoms with Crippen LogP contribution in [0.5, 0.6) is 0 Å². The van der Waals surface area contributed by atoms with E-state index in [-0.39, 0.29) is 11.9 Å². The van der Waals surface area contributed by atoms with Gasteiger partial charge in [0.2, 0.25) is 0 Å². The molecule has 1 aliphatic rings. The van der Waals surface area contributed by atoms with Crippen LogP contribution in [0.4, 0.5) is 10.1 Å². The molecule has 1 aliphatic heterocycles. The van der Waals surface area contributed by atoms with Gasteiger partial charge in [-0.2, -0.15) is 0 Å². The third-order valence-electron chi connectivity index (χ3n) is 2.58. The quantitative estimate of drug-likeness (QED) is 0.646. The molecular weight excluding hydrogens is 167 g/mol. The van der Waals surface area contributed by atoms with Gasteiger partial charge < -0.3 is 11.1 Å². The molecule has 0 bridgehead atoms. The van der Waals surface area contributed by atoms with Crippen LogP contribution in [0.15, 0.2) is 12.1 Å². The molecule has 0 aromatic heterocycles. The second-order valence-corrected chi connectivity index (χ2v) is 3.53. The fourth-order valence-electron chi connectivity index (χ4n) is 1.54. The average molecular weight is 180 g/mol. The van der Waals surface area contributed by atoms with E-state index in [1.165, 1.54) is 6.07 Å². The van der Waals surface area contributed by atoms with Gasteiger partial charge in [0.05, 0.1) is 0 Å². The third-order valence-corrected chi connectivity index (χ3v) is 2.58. The molecule has 2 nitrogen and oxygen atoms in total. The Kier molecular flexibility index (Phi) is 1.96. The summed E-state index contributed by atoms with van der Waals surface area (Å²) in [7, 11) is 0. The Morgan fingerprint density at radius 2 is 2.23 bits per heavy atom. The van der Waals surface area contributed by atoms with Gasteiger partial charge in [-0.05, 0) is 37.6 Å². The first-order chi connectivity index (χ1) is 6.18. The minimum absolute atomic E-state index is 0.194. The first-order valence-electron chi connectivity index (χ1n) is 4.47. The molecule has 13 heavy (non-hydrogen) atoms. The smallest absolute Gasteiger partial charge is 0.130 e. The van der Waals surface area contributed by atoms with Crippen molar-refractivity contribution in [2.75, 3.05) is 12.3 Å². The molecule has 1 saturated heterocycles. The molecule has 1 heterocycles. The number of rotatable bonds is 1. The molecule has 0 spiro atoms. The second-order valence-electron chi connectivity index (χ2n) is 3.53. The van der Waals surface area contributed by atoms with Gasteiger partial charge in [-0.3, -0.25) is 0 Å². The van der Waals surface area contributed by atoms with Gasteiger partial charge in [0.15, 0.2) is 0 Å². The van der Waals surface area contributed by atoms with Crippen LogP contribution in [0, 0.1) is 12.7 Å². The molecule has 1 atom stereocenters. The Morgan fingerprint density at radius 3 is 2.77 bits per heavy atom. The summed E-state index contributed by atoms with van der Waals surface area (Å²) in [4.78, 5) is 0. The lowest BCUT2D eigenvalue weighted by Gasteiger charge is -2.28. The zero-order valence-corrected chi connectivity index (χ0v) is 7.60. The molecular formula is C10H13FN2. The maximum atomic E-state index is 13.4. The molecule has 0 unspecified atom stereocenters. The number of benzene rings is 1. The normalized spacial score (nSPS) is 21.2. The number of nitrogens with two attached hydrogens (primary N) is 1. The predicted octanol–water partition coefficient (Wildman–Crippen LogP) is 1.75. The number of hydrogen-bond donors (Lipinski definition) is 2. The van der Waals surface area contributed by atoms with E-state index in [9.17, 15) is 4.39 Å². The zero-order valence-electron chi connectivity index (χ0n) is 7.60. The van der Waals surface area contributed by atoms with Crippen molar-refractivity contribution in [3.8, 4) is 0 Å². The highest BCUT2D eigenvalue weighted by atomic mass is 19.1. The van der Waals surface area contributed by atoms with Crippen molar-refractivity contribution >= 4 is 5.69 Å². The number of anilines is 1. The van der Waals surface area contributed by atoms with Crippen molar-refractivity contribution < 1.29 is 4.39 Å². The lowest BCUT2D eigenvalue weighted by atomic mass is 9.95. The van der Waals surface area contributed by atoms with Gasteiger partial charge >= 0.3 is 0 Å². The number of aryl methyl sites for hydroxylation is 1. The number of hydrogen-bond acceptors (Lipinski definition) is 2. The van der Waals surface area contributed by atoms with Crippen molar-refractivity contribution in [2.45, 2.75) is 19.4 Å². The van der Waals surface area contributed by atoms with Crippen LogP contribution in [0.25, 0.3) is 0 Å². The summed E-state index contributed by atoms with van der Waals surface area (Å²) in [5, 5.41) is 3.17. The summed E-state index contributed by atoms with van der Waals surface area (Å²) in [6, 6.07) is 3.44. The summed E-state index contributed by atoms with van der Waals surface area (Å²) < 4.78 is 13.4. The van der Waals surface area contributed by atoms with Gasteiger partial charge in [-0.25, -0.2) is 4.39 Å². The topological polar surface area (TPSA) is 38.0 Å². The summed E-state index contributed by atoms with van der Waals surface area (Å²) in [6.45, 7) is 2.88. The standard InChI is InChI=1S/C10H13FN2/c1-6-4-7(10-2-3-13-10)8(11)5-9(6)12/h4-5,10,13H,2-3,12H2,1H3/t10-/m0/s1. The van der Waals surface area contributed by atoms with E-state index in [0.717, 1.165) is 24.1 Å². The van der Waals surface area contributed by atoms with E-state index in [1.54, 1.807) is 0 Å². The second kappa shape index (κ2) is 3.00. The highest BCUT2D eigenvalue weighted by molar-refractivity contribution is 5.49. The van der Waals surface area contributed by atoms with Crippen molar-refractivity contribution in [2.24, 2.45) is 0 Å². The van der Waals surface area contributed by atoms with Crippen LogP contribution in [0.1, 0.15) is 23.6 Å². The van der Waals surface area contributed by atoms with E-state index in [4.69, 9.17) is 5.73 Å². The molecule has 2 rings (SSSR count). The van der Waals surface area contributed by atoms with E-state index in [1.807, 2.05) is 13.0 Å². The lowest BCUT2D eigenvalue weighted by molar-refractivity contribution is 0.370. The van der Waals surface area contributed by atoms with Crippen molar-refractivity contribution in [3.05, 3.63) is 29.1 Å². The minimum atomic E-state index is -0.194. The Labute approximate surface area is 76.9 Å². The highest BCUT2D eigenvalue weighted by Crippen LogP contribution is 2.28. The molecule has 3 heteroatoms. The highest BCUT2D eigenvalue weighted by Gasteiger charge is 2.22. The zero-order chi connectivity index (χ0) is 9.42. The molecule has 1 fully saturated rings. The largest absolute Gasteiger partial charge is 0.398 e. The van der Waals surface area contributed by atoms with Crippen molar-refractivity contribution in [3.63, 3.8) is 0 Å². The Hall–Kier alpha value is -1.09. The van der Waals surface area contributed by atoms with E-state index in [0.29, 0.717) is 5.69 Å².